The molecule has 1 aliphatic heterocycles. The number of nitrogens with zero attached hydrogens (tertiary/aromatic N) is 3. The largest absolute Gasteiger partial charge is 0.342 e. The molecule has 3 aromatic rings. The van der Waals surface area contributed by atoms with Crippen molar-refractivity contribution in [1.82, 2.24) is 19.8 Å². The number of carbonyl (C=O) groups is 1. The first-order valence-electron chi connectivity index (χ1n) is 10.2. The minimum Gasteiger partial charge on any atom is -0.342 e. The molecule has 1 amide bonds. The van der Waals surface area contributed by atoms with Gasteiger partial charge in [-0.2, -0.15) is 0 Å². The Morgan fingerprint density at radius 3 is 2.68 bits per heavy atom. The second-order valence-electron chi connectivity index (χ2n) is 8.05. The molecule has 2 aliphatic rings. The molecular formula is C23H26N4O. The van der Waals surface area contributed by atoms with Gasteiger partial charge in [-0.15, -0.1) is 0 Å². The molecule has 5 heteroatoms. The van der Waals surface area contributed by atoms with E-state index in [9.17, 15) is 4.79 Å². The Morgan fingerprint density at radius 2 is 1.86 bits per heavy atom. The van der Waals surface area contributed by atoms with Gasteiger partial charge in [-0.25, -0.2) is 4.98 Å². The zero-order valence-electron chi connectivity index (χ0n) is 16.3. The van der Waals surface area contributed by atoms with Crippen LogP contribution >= 0.6 is 0 Å². The van der Waals surface area contributed by atoms with Gasteiger partial charge in [0.2, 0.25) is 0 Å². The van der Waals surface area contributed by atoms with Crippen LogP contribution in [0.3, 0.4) is 0 Å². The van der Waals surface area contributed by atoms with Crippen LogP contribution in [0.2, 0.25) is 0 Å². The highest BCUT2D eigenvalue weighted by Gasteiger charge is 2.29. The average molecular weight is 374 g/mol. The number of nitrogens with one attached hydrogen (secondary N) is 1. The number of hydrogen-bond acceptors (Lipinski definition) is 3. The van der Waals surface area contributed by atoms with E-state index < -0.39 is 0 Å². The standard InChI is InChI=1S/C23H26N4O/c1-16-24-21-9-7-19(15-22(21)25-16)23(28)27-12-10-26(11-13-27)20-8-6-17-4-2-3-5-18(17)14-20/h2-5,7,9,15,20H,6,8,10-14H2,1H3,(H,24,25)/t20-/m1/s1. The van der Waals surface area contributed by atoms with E-state index in [-0.39, 0.29) is 5.91 Å². The van der Waals surface area contributed by atoms with E-state index >= 15 is 0 Å². The number of aryl methyl sites for hydroxylation is 2. The molecule has 28 heavy (non-hydrogen) atoms. The first kappa shape index (κ1) is 17.4. The van der Waals surface area contributed by atoms with Crippen molar-refractivity contribution in [1.29, 1.82) is 0 Å². The summed E-state index contributed by atoms with van der Waals surface area (Å²) in [7, 11) is 0. The molecule has 5 rings (SSSR count). The van der Waals surface area contributed by atoms with E-state index in [2.05, 4.69) is 39.1 Å². The fourth-order valence-electron chi connectivity index (χ4n) is 4.73. The summed E-state index contributed by atoms with van der Waals surface area (Å²) in [4.78, 5) is 25.2. The van der Waals surface area contributed by atoms with E-state index in [1.54, 1.807) is 0 Å². The Morgan fingerprint density at radius 1 is 1.07 bits per heavy atom. The smallest absolute Gasteiger partial charge is 0.254 e. The monoisotopic (exact) mass is 374 g/mol. The van der Waals surface area contributed by atoms with E-state index in [1.165, 1.54) is 24.0 Å². The molecule has 2 heterocycles. The first-order valence-corrected chi connectivity index (χ1v) is 10.2. The molecule has 1 aromatic heterocycles. The lowest BCUT2D eigenvalue weighted by Gasteiger charge is -2.41. The summed E-state index contributed by atoms with van der Waals surface area (Å²) < 4.78 is 0. The van der Waals surface area contributed by atoms with Crippen LogP contribution in [0.1, 0.15) is 33.7 Å². The number of amides is 1. The lowest BCUT2D eigenvalue weighted by molar-refractivity contribution is 0.0553. The van der Waals surface area contributed by atoms with Crippen molar-refractivity contribution in [2.24, 2.45) is 0 Å². The normalized spacial score (nSPS) is 20.3. The summed E-state index contributed by atoms with van der Waals surface area (Å²) in [6, 6.07) is 15.2. The Hall–Kier alpha value is -2.66. The second-order valence-corrected chi connectivity index (χ2v) is 8.05. The summed E-state index contributed by atoms with van der Waals surface area (Å²) in [5.74, 6) is 1.00. The minimum absolute atomic E-state index is 0.128. The molecule has 2 aromatic carbocycles. The molecule has 1 saturated heterocycles. The van der Waals surface area contributed by atoms with Gasteiger partial charge >= 0.3 is 0 Å². The number of H-pyrrole nitrogens is 1. The third-order valence-corrected chi connectivity index (χ3v) is 6.29. The lowest BCUT2D eigenvalue weighted by Crippen LogP contribution is -2.53. The van der Waals surface area contributed by atoms with Crippen molar-refractivity contribution in [2.75, 3.05) is 26.2 Å². The third kappa shape index (κ3) is 3.20. The van der Waals surface area contributed by atoms with Crippen LogP contribution in [0.15, 0.2) is 42.5 Å². The SMILES string of the molecule is Cc1nc2ccc(C(=O)N3CCN([C@@H]4CCc5ccccc5C4)CC3)cc2[nH]1. The number of hydrogen-bond donors (Lipinski definition) is 1. The van der Waals surface area contributed by atoms with Crippen LogP contribution in [0.25, 0.3) is 11.0 Å². The molecule has 1 N–H and O–H groups in total. The van der Waals surface area contributed by atoms with Crippen molar-refractivity contribution < 1.29 is 4.79 Å². The van der Waals surface area contributed by atoms with Gasteiger partial charge < -0.3 is 9.88 Å². The maximum Gasteiger partial charge on any atom is 0.254 e. The number of aromatic amines is 1. The lowest BCUT2D eigenvalue weighted by atomic mass is 9.87. The van der Waals surface area contributed by atoms with Crippen LogP contribution in [0, 0.1) is 6.92 Å². The summed E-state index contributed by atoms with van der Waals surface area (Å²) in [5.41, 5.74) is 5.60. The van der Waals surface area contributed by atoms with E-state index in [0.717, 1.165) is 55.0 Å². The van der Waals surface area contributed by atoms with Gasteiger partial charge in [-0.05, 0) is 55.5 Å². The van der Waals surface area contributed by atoms with Gasteiger partial charge in [0.15, 0.2) is 0 Å². The minimum atomic E-state index is 0.128. The van der Waals surface area contributed by atoms with Gasteiger partial charge in [0.25, 0.3) is 5.91 Å². The maximum atomic E-state index is 13.0. The highest BCUT2D eigenvalue weighted by Crippen LogP contribution is 2.25. The molecule has 144 valence electrons. The van der Waals surface area contributed by atoms with Crippen LogP contribution in [-0.2, 0) is 12.8 Å². The molecule has 0 spiro atoms. The third-order valence-electron chi connectivity index (χ3n) is 6.29. The number of piperazine rings is 1. The summed E-state index contributed by atoms with van der Waals surface area (Å²) >= 11 is 0. The predicted octanol–water partition coefficient (Wildman–Crippen LogP) is 3.19. The van der Waals surface area contributed by atoms with Crippen molar-refractivity contribution in [3.8, 4) is 0 Å². The molecule has 0 bridgehead atoms. The van der Waals surface area contributed by atoms with Gasteiger partial charge in [0.1, 0.15) is 5.82 Å². The summed E-state index contributed by atoms with van der Waals surface area (Å²) in [6.45, 7) is 5.46. The topological polar surface area (TPSA) is 52.2 Å². The fraction of sp³-hybridized carbons (Fsp3) is 0.391. The molecule has 0 saturated carbocycles. The quantitative estimate of drug-likeness (QED) is 0.750. The van der Waals surface area contributed by atoms with Crippen molar-refractivity contribution in [3.05, 3.63) is 65.0 Å². The predicted molar refractivity (Wildman–Crippen MR) is 111 cm³/mol. The zero-order chi connectivity index (χ0) is 19.1. The van der Waals surface area contributed by atoms with E-state index in [4.69, 9.17) is 0 Å². The molecule has 0 unspecified atom stereocenters. The second kappa shape index (κ2) is 7.06. The van der Waals surface area contributed by atoms with Crippen LogP contribution < -0.4 is 0 Å². The summed E-state index contributed by atoms with van der Waals surface area (Å²) in [6.07, 6.45) is 3.53. The van der Waals surface area contributed by atoms with E-state index in [1.807, 2.05) is 30.0 Å². The number of aromatic nitrogens is 2. The first-order chi connectivity index (χ1) is 13.7. The number of carbonyl (C=O) groups excluding carboxylic acids is 1. The highest BCUT2D eigenvalue weighted by molar-refractivity contribution is 5.97. The Bertz CT molecular complexity index is 1020. The Labute approximate surface area is 165 Å². The molecule has 0 radical (unpaired) electrons. The Kier molecular flexibility index (Phi) is 4.40. The van der Waals surface area contributed by atoms with Crippen LogP contribution in [-0.4, -0.2) is 57.9 Å². The number of rotatable bonds is 2. The molecule has 1 fully saturated rings. The van der Waals surface area contributed by atoms with Crippen LogP contribution in [0.5, 0.6) is 0 Å². The fourth-order valence-corrected chi connectivity index (χ4v) is 4.73. The van der Waals surface area contributed by atoms with Crippen LogP contribution in [0.4, 0.5) is 0 Å². The number of imidazole rings is 1. The van der Waals surface area contributed by atoms with Gasteiger partial charge in [-0.3, -0.25) is 9.69 Å². The molecular weight excluding hydrogens is 348 g/mol. The number of benzene rings is 2. The molecule has 5 nitrogen and oxygen atoms in total. The molecule has 1 aliphatic carbocycles. The van der Waals surface area contributed by atoms with Gasteiger partial charge in [0, 0.05) is 37.8 Å². The highest BCUT2D eigenvalue weighted by atomic mass is 16.2. The summed E-state index contributed by atoms with van der Waals surface area (Å²) in [5, 5.41) is 0. The van der Waals surface area contributed by atoms with E-state index in [0.29, 0.717) is 6.04 Å². The van der Waals surface area contributed by atoms with Gasteiger partial charge in [-0.1, -0.05) is 24.3 Å². The van der Waals surface area contributed by atoms with Crippen molar-refractivity contribution in [3.63, 3.8) is 0 Å². The number of fused-ring (bicyclic) bond motifs is 2. The Balaban J connectivity index is 1.23. The van der Waals surface area contributed by atoms with Crippen molar-refractivity contribution in [2.45, 2.75) is 32.2 Å². The van der Waals surface area contributed by atoms with Gasteiger partial charge in [0.05, 0.1) is 11.0 Å². The average Bonchev–Trinajstić information content (AvgIpc) is 3.12. The maximum absolute atomic E-state index is 13.0. The molecule has 1 atom stereocenters. The van der Waals surface area contributed by atoms with Crippen molar-refractivity contribution >= 4 is 16.9 Å². The zero-order valence-corrected chi connectivity index (χ0v) is 16.3.